The average Bonchev–Trinajstić information content (AvgIpc) is 2.85. The Bertz CT molecular complexity index is 1350. The number of amides is 1. The second kappa shape index (κ2) is 10.7. The van der Waals surface area contributed by atoms with Gasteiger partial charge >= 0.3 is 11.9 Å². The first-order valence-corrected chi connectivity index (χ1v) is 12.1. The highest BCUT2D eigenvalue weighted by molar-refractivity contribution is 6.24. The molecule has 0 radical (unpaired) electrons. The van der Waals surface area contributed by atoms with Gasteiger partial charge in [0.15, 0.2) is 11.4 Å². The molecule has 0 unspecified atom stereocenters. The number of carbonyl (C=O) groups is 5. The first-order chi connectivity index (χ1) is 18.5. The van der Waals surface area contributed by atoms with E-state index in [1.54, 1.807) is 19.1 Å². The van der Waals surface area contributed by atoms with Crippen molar-refractivity contribution in [2.45, 2.75) is 43.4 Å². The van der Waals surface area contributed by atoms with Gasteiger partial charge in [0.25, 0.3) is 5.91 Å². The molecule has 9 N–H and O–H groups in total. The molecule has 216 valence electrons. The molecule has 0 aliphatic heterocycles. The van der Waals surface area contributed by atoms with Crippen molar-refractivity contribution in [2.24, 2.45) is 17.6 Å². The van der Waals surface area contributed by atoms with Crippen LogP contribution in [0.2, 0.25) is 0 Å². The van der Waals surface area contributed by atoms with Crippen LogP contribution in [0.5, 0.6) is 5.75 Å². The van der Waals surface area contributed by atoms with Crippen molar-refractivity contribution in [3.8, 4) is 5.75 Å². The van der Waals surface area contributed by atoms with E-state index in [4.69, 9.17) is 15.9 Å². The van der Waals surface area contributed by atoms with Crippen molar-refractivity contribution in [2.75, 3.05) is 14.1 Å². The number of aromatic hydroxyl groups is 1. The van der Waals surface area contributed by atoms with Gasteiger partial charge in [-0.25, -0.2) is 0 Å². The second-order valence-electron chi connectivity index (χ2n) is 10.1. The highest BCUT2D eigenvalue weighted by atomic mass is 16.4. The molecule has 0 saturated heterocycles. The van der Waals surface area contributed by atoms with Gasteiger partial charge in [-0.2, -0.15) is 0 Å². The molecular weight excluding hydrogens is 532 g/mol. The lowest BCUT2D eigenvalue weighted by molar-refractivity contribution is -0.169. The number of nitrogens with two attached hydrogens (primary N) is 1. The number of primary amides is 1. The number of carboxylic acid groups (broad SMARTS) is 2. The molecule has 14 heteroatoms. The standard InChI is InChI=1S/C22H24N2O8.C4H6O4/c1-7-8-5-4-6-9(25)11(8)16(26)12-10(7)17(27)14-15(24(2)3)18(28)13(21(23)31)20(30)22(14,32)19(12)29;5-3(6)1-2-4(7)8/h4-7,10,14-15,17,25-27,30,32H,1-3H3,(H2,23,31);1-2H2,(H,5,6)(H,7,8)/t7-,10+,14-,15-,17-,22-;/m0./s1. The SMILES string of the molecule is C[C@H]1c2cccc(O)c2C(O)=C2C(=O)[C@]3(O)C(O)=C(C(N)=O)C(=O)[C@@H](N(C)C)[C@H]3[C@@H](O)[C@@H]21.O=C(O)CCC(=O)O. The maximum Gasteiger partial charge on any atom is 0.303 e. The summed E-state index contributed by atoms with van der Waals surface area (Å²) in [6, 6.07) is 3.13. The molecule has 1 amide bonds. The lowest BCUT2D eigenvalue weighted by Crippen LogP contribution is -2.70. The summed E-state index contributed by atoms with van der Waals surface area (Å²) in [7, 11) is 2.92. The predicted molar refractivity (Wildman–Crippen MR) is 135 cm³/mol. The van der Waals surface area contributed by atoms with E-state index in [1.165, 1.54) is 25.1 Å². The van der Waals surface area contributed by atoms with Gasteiger partial charge in [0.2, 0.25) is 5.78 Å². The maximum atomic E-state index is 13.7. The average molecular weight is 563 g/mol. The summed E-state index contributed by atoms with van der Waals surface area (Å²) in [5.41, 5.74) is 1.47. The highest BCUT2D eigenvalue weighted by Gasteiger charge is 2.68. The van der Waals surface area contributed by atoms with Crippen molar-refractivity contribution < 1.29 is 59.7 Å². The number of hydrogen-bond donors (Lipinski definition) is 8. The molecule has 1 aromatic carbocycles. The normalized spacial score (nSPS) is 29.2. The molecule has 6 atom stereocenters. The van der Waals surface area contributed by atoms with E-state index in [9.17, 15) is 49.5 Å². The highest BCUT2D eigenvalue weighted by Crippen LogP contribution is 2.55. The molecule has 40 heavy (non-hydrogen) atoms. The molecule has 1 aromatic rings. The summed E-state index contributed by atoms with van der Waals surface area (Å²) >= 11 is 0. The van der Waals surface area contributed by atoms with E-state index in [1.807, 2.05) is 0 Å². The fraction of sp³-hybridized carbons (Fsp3) is 0.423. The molecule has 4 rings (SSSR count). The molecule has 0 bridgehead atoms. The van der Waals surface area contributed by atoms with Crippen LogP contribution in [0.25, 0.3) is 5.76 Å². The number of aliphatic hydroxyl groups excluding tert-OH is 3. The number of nitrogens with zero attached hydrogens (tertiary/aromatic N) is 1. The van der Waals surface area contributed by atoms with Gasteiger partial charge in [-0.3, -0.25) is 28.9 Å². The van der Waals surface area contributed by atoms with Gasteiger partial charge in [-0.05, 0) is 31.6 Å². The number of benzene rings is 1. The van der Waals surface area contributed by atoms with E-state index < -0.39 is 87.6 Å². The first kappa shape index (κ1) is 30.3. The van der Waals surface area contributed by atoms with Crippen LogP contribution in [0.15, 0.2) is 35.1 Å². The molecule has 0 spiro atoms. The number of ketones is 2. The van der Waals surface area contributed by atoms with Gasteiger partial charge in [-0.15, -0.1) is 0 Å². The van der Waals surface area contributed by atoms with E-state index in [0.29, 0.717) is 5.56 Å². The van der Waals surface area contributed by atoms with Crippen LogP contribution in [0, 0.1) is 11.8 Å². The Hall–Kier alpha value is -4.27. The number of hydrogen-bond acceptors (Lipinski definition) is 11. The van der Waals surface area contributed by atoms with Crippen molar-refractivity contribution in [3.05, 3.63) is 46.2 Å². The third kappa shape index (κ3) is 4.59. The van der Waals surface area contributed by atoms with Crippen LogP contribution in [0.4, 0.5) is 0 Å². The smallest absolute Gasteiger partial charge is 0.303 e. The number of phenols is 1. The molecule has 1 saturated carbocycles. The molecule has 0 heterocycles. The lowest BCUT2D eigenvalue weighted by Gasteiger charge is -2.53. The second-order valence-corrected chi connectivity index (χ2v) is 10.1. The zero-order valence-electron chi connectivity index (χ0n) is 21.7. The minimum Gasteiger partial charge on any atom is -0.508 e. The number of aliphatic carboxylic acids is 2. The van der Waals surface area contributed by atoms with E-state index in [0.717, 1.165) is 0 Å². The van der Waals surface area contributed by atoms with Crippen molar-refractivity contribution in [1.82, 2.24) is 4.90 Å². The van der Waals surface area contributed by atoms with E-state index in [-0.39, 0.29) is 24.2 Å². The molecule has 3 aliphatic rings. The summed E-state index contributed by atoms with van der Waals surface area (Å²) < 4.78 is 0. The zero-order chi connectivity index (χ0) is 30.4. The Labute approximate surface area is 227 Å². The van der Waals surface area contributed by atoms with Crippen LogP contribution in [0.1, 0.15) is 36.8 Å². The number of likely N-dealkylation sites (N-methyl/N-ethyl adjacent to an activating group) is 1. The molecule has 1 fully saturated rings. The number of fused-ring (bicyclic) bond motifs is 3. The maximum absolute atomic E-state index is 13.7. The Balaban J connectivity index is 0.000000482. The van der Waals surface area contributed by atoms with Gasteiger partial charge in [0, 0.05) is 11.5 Å². The minimum absolute atomic E-state index is 0.0245. The van der Waals surface area contributed by atoms with Crippen LogP contribution in [-0.2, 0) is 24.0 Å². The summed E-state index contributed by atoms with van der Waals surface area (Å²) in [6.07, 6.45) is -2.18. The molecule has 14 nitrogen and oxygen atoms in total. The Morgan fingerprint density at radius 2 is 1.57 bits per heavy atom. The van der Waals surface area contributed by atoms with E-state index in [2.05, 4.69) is 0 Å². The first-order valence-electron chi connectivity index (χ1n) is 12.1. The third-order valence-electron chi connectivity index (χ3n) is 7.55. The fourth-order valence-corrected chi connectivity index (χ4v) is 5.79. The van der Waals surface area contributed by atoms with Gasteiger partial charge in [0.1, 0.15) is 22.8 Å². The van der Waals surface area contributed by atoms with Gasteiger partial charge in [-0.1, -0.05) is 19.1 Å². The zero-order valence-corrected chi connectivity index (χ0v) is 21.7. The number of Topliss-reactive ketones (excluding diaryl/α,β-unsaturated/α-hetero) is 2. The number of aliphatic hydroxyl groups is 4. The summed E-state index contributed by atoms with van der Waals surface area (Å²) in [5, 5.41) is 70.7. The monoisotopic (exact) mass is 562 g/mol. The number of carboxylic acids is 2. The fourth-order valence-electron chi connectivity index (χ4n) is 5.79. The van der Waals surface area contributed by atoms with Crippen LogP contribution in [-0.4, -0.2) is 102 Å². The van der Waals surface area contributed by atoms with Crippen molar-refractivity contribution in [3.63, 3.8) is 0 Å². The predicted octanol–water partition coefficient (Wildman–Crippen LogP) is -0.568. The summed E-state index contributed by atoms with van der Waals surface area (Å²) in [4.78, 5) is 59.2. The number of phenolic OH excluding ortho intramolecular Hbond substituents is 1. The molecular formula is C26H30N2O12. The largest absolute Gasteiger partial charge is 0.508 e. The number of carbonyl (C=O) groups excluding carboxylic acids is 3. The minimum atomic E-state index is -2.89. The van der Waals surface area contributed by atoms with Crippen molar-refractivity contribution >= 4 is 35.2 Å². The molecule has 3 aliphatic carbocycles. The quantitative estimate of drug-likeness (QED) is 0.209. The van der Waals surface area contributed by atoms with Gasteiger partial charge < -0.3 is 41.5 Å². The van der Waals surface area contributed by atoms with Gasteiger partial charge in [0.05, 0.1) is 36.5 Å². The summed E-state index contributed by atoms with van der Waals surface area (Å²) in [5.74, 6) is -11.0. The topological polar surface area (TPSA) is 256 Å². The van der Waals surface area contributed by atoms with Crippen LogP contribution in [0.3, 0.4) is 0 Å². The Morgan fingerprint density at radius 3 is 2.05 bits per heavy atom. The van der Waals surface area contributed by atoms with Crippen molar-refractivity contribution in [1.29, 1.82) is 0 Å². The Morgan fingerprint density at radius 1 is 1.02 bits per heavy atom. The third-order valence-corrected chi connectivity index (χ3v) is 7.55. The summed E-state index contributed by atoms with van der Waals surface area (Å²) in [6.45, 7) is 1.68. The lowest BCUT2D eigenvalue weighted by atomic mass is 9.54. The molecule has 0 aromatic heterocycles. The Kier molecular flexibility index (Phi) is 8.11. The van der Waals surface area contributed by atoms with E-state index >= 15 is 0 Å². The van der Waals surface area contributed by atoms with Crippen LogP contribution >= 0.6 is 0 Å². The van der Waals surface area contributed by atoms with Crippen LogP contribution < -0.4 is 5.73 Å². The number of rotatable bonds is 5.